The van der Waals surface area contributed by atoms with Crippen molar-refractivity contribution in [3.8, 4) is 0 Å². The molecule has 1 aromatic carbocycles. The third kappa shape index (κ3) is 13.7. The fourth-order valence-electron chi connectivity index (χ4n) is 8.10. The van der Waals surface area contributed by atoms with Gasteiger partial charge < -0.3 is 37.6 Å². The van der Waals surface area contributed by atoms with E-state index in [1.54, 1.807) is 7.11 Å². The predicted molar refractivity (Wildman–Crippen MR) is 236 cm³/mol. The Morgan fingerprint density at radius 3 is 1.98 bits per heavy atom. The van der Waals surface area contributed by atoms with Crippen molar-refractivity contribution in [2.75, 3.05) is 33.7 Å². The molecular weight excluding hydrogens is 741 g/mol. The predicted octanol–water partition coefficient (Wildman–Crippen LogP) is 11.3. The monoisotopic (exact) mass is 825 g/mol. The summed E-state index contributed by atoms with van der Waals surface area (Å²) in [5.74, 6) is -1.40. The SMILES string of the molecule is CO[C@@]1(C(C)(C)COCc2ccccc2)O[C@H](C[C@@H](OCOCC[Si](C)(C)C)[C@@H](C)O[Si](C)(C)C(C)(C)C)C/C(=C\CO[Si](C(C)C)(C(C)C)C(C)C)[C@@H]1O. The van der Waals surface area contributed by atoms with Gasteiger partial charge in [0, 0.05) is 33.6 Å². The maximum absolute atomic E-state index is 12.4. The lowest BCUT2D eigenvalue weighted by Gasteiger charge is -2.53. The molecule has 0 aromatic heterocycles. The van der Waals surface area contributed by atoms with E-state index in [0.29, 0.717) is 55.9 Å². The van der Waals surface area contributed by atoms with Crippen molar-refractivity contribution in [1.29, 1.82) is 0 Å². The Morgan fingerprint density at radius 1 is 0.891 bits per heavy atom. The number of aliphatic hydroxyl groups is 1. The number of rotatable bonds is 23. The third-order valence-electron chi connectivity index (χ3n) is 12.4. The molecule has 0 radical (unpaired) electrons. The van der Waals surface area contributed by atoms with Crippen molar-refractivity contribution in [2.45, 2.75) is 193 Å². The van der Waals surface area contributed by atoms with Crippen molar-refractivity contribution in [3.63, 3.8) is 0 Å². The lowest BCUT2D eigenvalue weighted by Crippen LogP contribution is -2.63. The average molecular weight is 825 g/mol. The van der Waals surface area contributed by atoms with Gasteiger partial charge in [0.25, 0.3) is 0 Å². The average Bonchev–Trinajstić information content (AvgIpc) is 3.05. The highest BCUT2D eigenvalue weighted by Gasteiger charge is 2.58. The van der Waals surface area contributed by atoms with Gasteiger partial charge in [0.1, 0.15) is 12.9 Å². The molecular formula is C44H84O8Si3. The van der Waals surface area contributed by atoms with Crippen LogP contribution in [-0.2, 0) is 39.1 Å². The van der Waals surface area contributed by atoms with Crippen LogP contribution in [0.15, 0.2) is 42.0 Å². The molecule has 1 aromatic rings. The normalized spacial score (nSPS) is 22.6. The summed E-state index contributed by atoms with van der Waals surface area (Å²) in [5.41, 5.74) is 2.54. The minimum atomic E-state index is -2.15. The van der Waals surface area contributed by atoms with Gasteiger partial charge in [-0.15, -0.1) is 0 Å². The molecule has 55 heavy (non-hydrogen) atoms. The Bertz CT molecular complexity index is 1270. The minimum absolute atomic E-state index is 0.0382. The van der Waals surface area contributed by atoms with Crippen LogP contribution in [0.3, 0.4) is 0 Å². The largest absolute Gasteiger partial charge is 0.412 e. The van der Waals surface area contributed by atoms with E-state index in [1.165, 1.54) is 0 Å². The Hall–Kier alpha value is -0.709. The van der Waals surface area contributed by atoms with Crippen LogP contribution in [0.5, 0.6) is 0 Å². The molecule has 0 aliphatic carbocycles. The molecule has 0 unspecified atom stereocenters. The van der Waals surface area contributed by atoms with E-state index in [0.717, 1.165) is 17.2 Å². The van der Waals surface area contributed by atoms with E-state index in [2.05, 4.69) is 134 Å². The smallest absolute Gasteiger partial charge is 0.205 e. The van der Waals surface area contributed by atoms with E-state index < -0.39 is 42.0 Å². The summed E-state index contributed by atoms with van der Waals surface area (Å²) in [6.07, 6.45) is 1.25. The molecule has 1 saturated heterocycles. The quantitative estimate of drug-likeness (QED) is 0.0505. The summed E-state index contributed by atoms with van der Waals surface area (Å²) in [4.78, 5) is 0. The second-order valence-corrected chi connectivity index (χ2v) is 36.2. The lowest BCUT2D eigenvalue weighted by molar-refractivity contribution is -0.353. The van der Waals surface area contributed by atoms with Crippen LogP contribution in [0.2, 0.25) is 60.4 Å². The van der Waals surface area contributed by atoms with Crippen molar-refractivity contribution >= 4 is 24.7 Å². The molecule has 0 spiro atoms. The number of benzene rings is 1. The first kappa shape index (κ1) is 50.4. The van der Waals surface area contributed by atoms with Gasteiger partial charge in [0.2, 0.25) is 14.1 Å². The van der Waals surface area contributed by atoms with E-state index in [9.17, 15) is 5.11 Å². The van der Waals surface area contributed by atoms with Crippen molar-refractivity contribution in [1.82, 2.24) is 0 Å². The third-order valence-corrected chi connectivity index (χ3v) is 24.7. The molecule has 2 rings (SSSR count). The van der Waals surface area contributed by atoms with Crippen LogP contribution in [0.1, 0.15) is 101 Å². The Labute approximate surface area is 341 Å². The van der Waals surface area contributed by atoms with Crippen LogP contribution in [-0.4, -0.2) is 93.7 Å². The highest BCUT2D eigenvalue weighted by Crippen LogP contribution is 2.48. The van der Waals surface area contributed by atoms with Crippen LogP contribution in [0.25, 0.3) is 0 Å². The number of hydrogen-bond donors (Lipinski definition) is 1. The van der Waals surface area contributed by atoms with Crippen LogP contribution in [0.4, 0.5) is 0 Å². The summed E-state index contributed by atoms with van der Waals surface area (Å²) >= 11 is 0. The lowest BCUT2D eigenvalue weighted by atomic mass is 9.75. The van der Waals surface area contributed by atoms with Gasteiger partial charge in [-0.2, -0.15) is 0 Å². The van der Waals surface area contributed by atoms with Crippen LogP contribution < -0.4 is 0 Å². The van der Waals surface area contributed by atoms with Crippen molar-refractivity contribution < 1.29 is 37.6 Å². The zero-order chi connectivity index (χ0) is 42.0. The fourth-order valence-corrected chi connectivity index (χ4v) is 15.7. The Morgan fingerprint density at radius 2 is 1.47 bits per heavy atom. The van der Waals surface area contributed by atoms with Gasteiger partial charge >= 0.3 is 0 Å². The number of hydrogen-bond acceptors (Lipinski definition) is 8. The molecule has 5 atom stereocenters. The summed E-state index contributed by atoms with van der Waals surface area (Å²) in [6.45, 7) is 40.5. The van der Waals surface area contributed by atoms with E-state index in [4.69, 9.17) is 32.5 Å². The van der Waals surface area contributed by atoms with Gasteiger partial charge in [0.05, 0.1) is 38.1 Å². The molecule has 0 saturated carbocycles. The molecule has 0 amide bonds. The first-order chi connectivity index (χ1) is 25.3. The second kappa shape index (κ2) is 21.0. The van der Waals surface area contributed by atoms with Gasteiger partial charge in [0.15, 0.2) is 8.32 Å². The second-order valence-electron chi connectivity index (χ2n) is 20.3. The van der Waals surface area contributed by atoms with Gasteiger partial charge in [-0.25, -0.2) is 0 Å². The number of methoxy groups -OCH3 is 1. The zero-order valence-electron chi connectivity index (χ0n) is 38.5. The van der Waals surface area contributed by atoms with Crippen molar-refractivity contribution in [2.24, 2.45) is 5.41 Å². The van der Waals surface area contributed by atoms with Crippen LogP contribution >= 0.6 is 0 Å². The standard InChI is InChI=1S/C44H84O8Si3/c1-33(2)55(34(3)4,35(5)6)50-25-24-38-28-39(51-44(46-13,41(38)45)43(11,12)31-48-30-37-22-20-19-21-23-37)29-40(49-32-47-26-27-53(14,15)16)36(7)52-54(17,18)42(8,9)10/h19-24,33-36,39-41,45H,25-32H2,1-18H3/b38-24+/t36-,39+,40-,41+,44-/m1/s1. The highest BCUT2D eigenvalue weighted by atomic mass is 28.4. The summed E-state index contributed by atoms with van der Waals surface area (Å²) in [7, 11) is -3.90. The van der Waals surface area contributed by atoms with Crippen molar-refractivity contribution in [3.05, 3.63) is 47.5 Å². The molecule has 1 N–H and O–H groups in total. The zero-order valence-corrected chi connectivity index (χ0v) is 41.5. The van der Waals surface area contributed by atoms with Gasteiger partial charge in [-0.05, 0) is 65.3 Å². The molecule has 1 aliphatic rings. The van der Waals surface area contributed by atoms with Gasteiger partial charge in [-0.3, -0.25) is 0 Å². The molecule has 1 heterocycles. The first-order valence-electron chi connectivity index (χ1n) is 21.0. The molecule has 0 bridgehead atoms. The van der Waals surface area contributed by atoms with E-state index >= 15 is 0 Å². The molecule has 1 aliphatic heterocycles. The number of ether oxygens (including phenoxy) is 5. The van der Waals surface area contributed by atoms with Crippen LogP contribution in [0, 0.1) is 5.41 Å². The molecule has 11 heteroatoms. The Kier molecular flexibility index (Phi) is 19.3. The van der Waals surface area contributed by atoms with Gasteiger partial charge in [-0.1, -0.05) is 132 Å². The van der Waals surface area contributed by atoms with E-state index in [1.807, 2.05) is 18.2 Å². The molecule has 320 valence electrons. The molecule has 1 fully saturated rings. The highest BCUT2D eigenvalue weighted by molar-refractivity contribution is 6.77. The maximum Gasteiger partial charge on any atom is 0.205 e. The molecule has 8 nitrogen and oxygen atoms in total. The maximum atomic E-state index is 12.4. The summed E-state index contributed by atoms with van der Waals surface area (Å²) in [5, 5.41) is 12.4. The van der Waals surface area contributed by atoms with E-state index in [-0.39, 0.29) is 30.1 Å². The summed E-state index contributed by atoms with van der Waals surface area (Å²) in [6, 6.07) is 11.2. The number of aliphatic hydroxyl groups excluding tert-OH is 1. The summed E-state index contributed by atoms with van der Waals surface area (Å²) < 4.78 is 46.4. The topological polar surface area (TPSA) is 84.8 Å². The first-order valence-corrected chi connectivity index (χ1v) is 29.7. The minimum Gasteiger partial charge on any atom is -0.412 e. The Balaban J connectivity index is 2.55. The fraction of sp³-hybridized carbons (Fsp3) is 0.818.